The second-order valence-corrected chi connectivity index (χ2v) is 8.37. The van der Waals surface area contributed by atoms with Crippen LogP contribution >= 0.6 is 0 Å². The summed E-state index contributed by atoms with van der Waals surface area (Å²) >= 11 is 0. The minimum Gasteiger partial charge on any atom is -0.493 e. The molecule has 0 spiro atoms. The first-order chi connectivity index (χ1) is 15.1. The molecular formula is C23H31N3O5. The van der Waals surface area contributed by atoms with Gasteiger partial charge in [-0.05, 0) is 38.3 Å². The molecule has 0 saturated carbocycles. The van der Waals surface area contributed by atoms with Gasteiger partial charge in [0.15, 0.2) is 11.5 Å². The van der Waals surface area contributed by atoms with Gasteiger partial charge in [-0.1, -0.05) is 17.3 Å². The fourth-order valence-electron chi connectivity index (χ4n) is 4.57. The number of carbonyl (C=O) groups excluding carboxylic acids is 1. The first-order valence-corrected chi connectivity index (χ1v) is 10.9. The molecule has 31 heavy (non-hydrogen) atoms. The number of piperidine rings is 2. The molecule has 1 amide bonds. The lowest BCUT2D eigenvalue weighted by Gasteiger charge is -2.32. The van der Waals surface area contributed by atoms with Crippen molar-refractivity contribution >= 4 is 5.91 Å². The van der Waals surface area contributed by atoms with E-state index in [0.29, 0.717) is 25.9 Å². The number of aliphatic hydroxyl groups excluding tert-OH is 1. The Bertz CT molecular complexity index is 891. The van der Waals surface area contributed by atoms with Crippen molar-refractivity contribution in [1.82, 2.24) is 15.0 Å². The number of aromatic nitrogens is 1. The van der Waals surface area contributed by atoms with E-state index >= 15 is 0 Å². The summed E-state index contributed by atoms with van der Waals surface area (Å²) in [6.07, 6.45) is 2.97. The van der Waals surface area contributed by atoms with Gasteiger partial charge in [0.2, 0.25) is 5.76 Å². The van der Waals surface area contributed by atoms with Gasteiger partial charge in [-0.2, -0.15) is 0 Å². The number of rotatable bonds is 6. The molecule has 2 aliphatic heterocycles. The van der Waals surface area contributed by atoms with E-state index in [0.717, 1.165) is 55.2 Å². The highest BCUT2D eigenvalue weighted by Gasteiger charge is 2.29. The van der Waals surface area contributed by atoms with Gasteiger partial charge in [-0.3, -0.25) is 9.69 Å². The van der Waals surface area contributed by atoms with Gasteiger partial charge in [0, 0.05) is 43.7 Å². The van der Waals surface area contributed by atoms with Crippen LogP contribution in [-0.4, -0.2) is 72.5 Å². The topological polar surface area (TPSA) is 88.3 Å². The number of amides is 1. The molecule has 2 aliphatic rings. The number of methoxy groups -OCH3 is 2. The van der Waals surface area contributed by atoms with E-state index in [-0.39, 0.29) is 23.7 Å². The first kappa shape index (κ1) is 21.6. The molecule has 0 bridgehead atoms. The third-order valence-corrected chi connectivity index (χ3v) is 6.29. The minimum atomic E-state index is -0.314. The molecule has 1 aromatic heterocycles. The molecule has 1 atom stereocenters. The minimum absolute atomic E-state index is 0.139. The molecule has 0 aliphatic carbocycles. The summed E-state index contributed by atoms with van der Waals surface area (Å²) in [5.74, 6) is 1.88. The van der Waals surface area contributed by atoms with Crippen LogP contribution in [0, 0.1) is 0 Å². The zero-order chi connectivity index (χ0) is 21.8. The van der Waals surface area contributed by atoms with Gasteiger partial charge >= 0.3 is 0 Å². The summed E-state index contributed by atoms with van der Waals surface area (Å²) in [5.41, 5.74) is 1.92. The van der Waals surface area contributed by atoms with Crippen molar-refractivity contribution in [3.8, 4) is 11.5 Å². The molecule has 4 rings (SSSR count). The van der Waals surface area contributed by atoms with Gasteiger partial charge in [0.25, 0.3) is 5.91 Å². The number of hydrogen-bond acceptors (Lipinski definition) is 7. The lowest BCUT2D eigenvalue weighted by Crippen LogP contribution is -2.39. The molecule has 3 heterocycles. The number of hydrogen-bond donors (Lipinski definition) is 1. The van der Waals surface area contributed by atoms with Crippen LogP contribution < -0.4 is 9.47 Å². The zero-order valence-electron chi connectivity index (χ0n) is 18.2. The van der Waals surface area contributed by atoms with E-state index in [1.807, 2.05) is 12.1 Å². The second-order valence-electron chi connectivity index (χ2n) is 8.37. The van der Waals surface area contributed by atoms with Crippen LogP contribution in [0.4, 0.5) is 0 Å². The van der Waals surface area contributed by atoms with Crippen molar-refractivity contribution in [3.63, 3.8) is 0 Å². The normalized spacial score (nSPS) is 20.6. The van der Waals surface area contributed by atoms with Crippen molar-refractivity contribution in [1.29, 1.82) is 0 Å². The highest BCUT2D eigenvalue weighted by atomic mass is 16.5. The molecular weight excluding hydrogens is 398 g/mol. The number of nitrogens with zero attached hydrogens (tertiary/aromatic N) is 3. The van der Waals surface area contributed by atoms with Gasteiger partial charge < -0.3 is 24.0 Å². The van der Waals surface area contributed by atoms with E-state index in [1.54, 1.807) is 25.2 Å². The van der Waals surface area contributed by atoms with Crippen molar-refractivity contribution in [3.05, 3.63) is 41.3 Å². The molecule has 8 nitrogen and oxygen atoms in total. The van der Waals surface area contributed by atoms with Crippen LogP contribution in [0.3, 0.4) is 0 Å². The van der Waals surface area contributed by atoms with E-state index in [9.17, 15) is 9.90 Å². The number of para-hydroxylation sites is 1. The van der Waals surface area contributed by atoms with E-state index in [1.165, 1.54) is 0 Å². The predicted octanol–water partition coefficient (Wildman–Crippen LogP) is 2.67. The number of benzene rings is 1. The molecule has 2 saturated heterocycles. The number of aliphatic hydroxyl groups is 1. The fourth-order valence-corrected chi connectivity index (χ4v) is 4.57. The molecule has 1 unspecified atom stereocenters. The average molecular weight is 430 g/mol. The lowest BCUT2D eigenvalue weighted by molar-refractivity contribution is 0.0512. The number of likely N-dealkylation sites (tertiary alicyclic amines) is 2. The number of carbonyl (C=O) groups is 1. The maximum atomic E-state index is 12.7. The second kappa shape index (κ2) is 9.70. The van der Waals surface area contributed by atoms with E-state index in [2.05, 4.69) is 16.1 Å². The van der Waals surface area contributed by atoms with Crippen LogP contribution in [0.25, 0.3) is 0 Å². The monoisotopic (exact) mass is 429 g/mol. The van der Waals surface area contributed by atoms with Crippen LogP contribution in [0.5, 0.6) is 11.5 Å². The molecule has 8 heteroatoms. The van der Waals surface area contributed by atoms with E-state index in [4.69, 9.17) is 14.0 Å². The summed E-state index contributed by atoms with van der Waals surface area (Å²) in [4.78, 5) is 16.8. The molecule has 168 valence electrons. The quantitative estimate of drug-likeness (QED) is 0.755. The smallest absolute Gasteiger partial charge is 0.292 e. The SMILES string of the molecule is COc1cccc(CN2CCCC(c3cc(C(=O)N4CCC(O)CC4)on3)C2)c1OC. The summed E-state index contributed by atoms with van der Waals surface area (Å²) in [6.45, 7) is 3.70. The number of ether oxygens (including phenoxy) is 2. The maximum absolute atomic E-state index is 12.7. The van der Waals surface area contributed by atoms with Crippen LogP contribution in [0.15, 0.2) is 28.8 Å². The Kier molecular flexibility index (Phi) is 6.77. The fraction of sp³-hybridized carbons (Fsp3) is 0.565. The van der Waals surface area contributed by atoms with Crippen molar-refractivity contribution in [2.75, 3.05) is 40.4 Å². The Hall–Kier alpha value is -2.58. The summed E-state index contributed by atoms with van der Waals surface area (Å²) in [7, 11) is 3.31. The summed E-state index contributed by atoms with van der Waals surface area (Å²) in [6, 6.07) is 7.74. The first-order valence-electron chi connectivity index (χ1n) is 10.9. The Balaban J connectivity index is 1.41. The van der Waals surface area contributed by atoms with Crippen molar-refractivity contribution in [2.45, 2.75) is 44.2 Å². The lowest BCUT2D eigenvalue weighted by atomic mass is 9.94. The highest BCUT2D eigenvalue weighted by molar-refractivity contribution is 5.91. The van der Waals surface area contributed by atoms with Crippen LogP contribution in [0.1, 0.15) is 53.4 Å². The molecule has 2 fully saturated rings. The molecule has 1 N–H and O–H groups in total. The zero-order valence-corrected chi connectivity index (χ0v) is 18.2. The van der Waals surface area contributed by atoms with Crippen molar-refractivity contribution in [2.24, 2.45) is 0 Å². The summed E-state index contributed by atoms with van der Waals surface area (Å²) < 4.78 is 16.4. The molecule has 0 radical (unpaired) electrons. The Morgan fingerprint density at radius 2 is 2.00 bits per heavy atom. The van der Waals surface area contributed by atoms with E-state index < -0.39 is 0 Å². The Morgan fingerprint density at radius 1 is 1.19 bits per heavy atom. The van der Waals surface area contributed by atoms with Gasteiger partial charge in [0.05, 0.1) is 26.0 Å². The molecule has 2 aromatic rings. The third-order valence-electron chi connectivity index (χ3n) is 6.29. The van der Waals surface area contributed by atoms with Gasteiger partial charge in [0.1, 0.15) is 0 Å². The molecule has 1 aromatic carbocycles. The maximum Gasteiger partial charge on any atom is 0.292 e. The standard InChI is InChI=1S/C23H31N3O5/c1-29-20-7-3-5-17(22(20)30-2)15-25-10-4-6-16(14-25)19-13-21(31-24-19)23(28)26-11-8-18(27)9-12-26/h3,5,7,13,16,18,27H,4,6,8-12,14-15H2,1-2H3. The average Bonchev–Trinajstić information content (AvgIpc) is 3.29. The Morgan fingerprint density at radius 3 is 2.74 bits per heavy atom. The predicted molar refractivity (Wildman–Crippen MR) is 114 cm³/mol. The largest absolute Gasteiger partial charge is 0.493 e. The van der Waals surface area contributed by atoms with Gasteiger partial charge in [-0.15, -0.1) is 0 Å². The van der Waals surface area contributed by atoms with Crippen molar-refractivity contribution < 1.29 is 23.9 Å². The highest BCUT2D eigenvalue weighted by Crippen LogP contribution is 2.33. The van der Waals surface area contributed by atoms with Crippen LogP contribution in [-0.2, 0) is 6.54 Å². The van der Waals surface area contributed by atoms with Gasteiger partial charge in [-0.25, -0.2) is 0 Å². The summed E-state index contributed by atoms with van der Waals surface area (Å²) in [5, 5.41) is 13.9. The Labute approximate surface area is 182 Å². The third kappa shape index (κ3) is 4.85. The van der Waals surface area contributed by atoms with Crippen LogP contribution in [0.2, 0.25) is 0 Å².